The van der Waals surface area contributed by atoms with Gasteiger partial charge in [0.25, 0.3) is 5.91 Å². The maximum Gasteiger partial charge on any atom is 0.255 e. The number of carbonyl (C=O) groups excluding carboxylic acids is 1. The molecule has 0 saturated carbocycles. The van der Waals surface area contributed by atoms with Gasteiger partial charge in [-0.05, 0) is 35.5 Å². The first-order chi connectivity index (χ1) is 17.5. The fraction of sp³-hybridized carbons (Fsp3) is 0.348. The Morgan fingerprint density at radius 3 is 2.83 bits per heavy atom. The number of H-pyrrole nitrogens is 1. The van der Waals surface area contributed by atoms with Crippen molar-refractivity contribution >= 4 is 34.3 Å². The van der Waals surface area contributed by atoms with E-state index in [0.717, 1.165) is 60.0 Å². The van der Waals surface area contributed by atoms with Gasteiger partial charge in [0.15, 0.2) is 0 Å². The van der Waals surface area contributed by atoms with Gasteiger partial charge in [-0.1, -0.05) is 5.10 Å². The van der Waals surface area contributed by atoms with E-state index < -0.39 is 0 Å². The number of carbonyl (C=O) groups is 1. The van der Waals surface area contributed by atoms with E-state index in [1.807, 2.05) is 43.1 Å². The van der Waals surface area contributed by atoms with E-state index >= 15 is 0 Å². The van der Waals surface area contributed by atoms with Crippen molar-refractivity contribution in [3.8, 4) is 11.4 Å². The standard InChI is InChI=1S/C23H24N12O/c1-13-16(7-35-22(33(13)2)30-31-32-35)21(36)27-14-3-4-17-15(5-14)20(29-28-17)18-6-19(26-12-25-18)34-10-23(11-34)8-24-9-23/h3-6,12,24H,7-11H2,1-2H3,(H,27,36)(H,28,29). The maximum absolute atomic E-state index is 13.2. The number of aromatic nitrogens is 8. The molecule has 0 radical (unpaired) electrons. The number of amides is 1. The van der Waals surface area contributed by atoms with Crippen LogP contribution >= 0.6 is 0 Å². The predicted octanol–water partition coefficient (Wildman–Crippen LogP) is 0.778. The Labute approximate surface area is 205 Å². The Balaban J connectivity index is 1.15. The van der Waals surface area contributed by atoms with Crippen molar-refractivity contribution in [2.75, 3.05) is 48.3 Å². The molecule has 2 saturated heterocycles. The summed E-state index contributed by atoms with van der Waals surface area (Å²) < 4.78 is 1.60. The van der Waals surface area contributed by atoms with Crippen LogP contribution in [0.25, 0.3) is 22.3 Å². The number of allylic oxidation sites excluding steroid dienone is 1. The molecule has 7 rings (SSSR count). The Hall–Kier alpha value is -4.39. The van der Waals surface area contributed by atoms with Gasteiger partial charge in [-0.2, -0.15) is 5.10 Å². The third kappa shape index (κ3) is 3.16. The van der Waals surface area contributed by atoms with Crippen LogP contribution in [0.15, 0.2) is 41.9 Å². The third-order valence-electron chi connectivity index (χ3n) is 7.43. The van der Waals surface area contributed by atoms with E-state index in [1.54, 1.807) is 11.0 Å². The molecular formula is C23H24N12O. The minimum atomic E-state index is -0.202. The minimum absolute atomic E-state index is 0.202. The first-order valence-electron chi connectivity index (χ1n) is 11.8. The van der Waals surface area contributed by atoms with E-state index in [0.29, 0.717) is 29.2 Å². The highest BCUT2D eigenvalue weighted by Gasteiger charge is 2.48. The number of aromatic amines is 1. The Kier molecular flexibility index (Phi) is 4.39. The molecular weight excluding hydrogens is 460 g/mol. The number of hydrogen-bond donors (Lipinski definition) is 3. The Bertz CT molecular complexity index is 1540. The van der Waals surface area contributed by atoms with Gasteiger partial charge >= 0.3 is 0 Å². The van der Waals surface area contributed by atoms with Crippen molar-refractivity contribution in [3.05, 3.63) is 41.9 Å². The summed E-state index contributed by atoms with van der Waals surface area (Å²) >= 11 is 0. The summed E-state index contributed by atoms with van der Waals surface area (Å²) in [6, 6.07) is 7.65. The van der Waals surface area contributed by atoms with E-state index in [2.05, 4.69) is 51.2 Å². The van der Waals surface area contributed by atoms with Crippen LogP contribution in [0.1, 0.15) is 6.92 Å². The second kappa shape index (κ2) is 7.55. The molecule has 0 unspecified atom stereocenters. The van der Waals surface area contributed by atoms with Crippen LogP contribution < -0.4 is 20.4 Å². The number of fused-ring (bicyclic) bond motifs is 2. The number of hydrogen-bond acceptors (Lipinski definition) is 10. The zero-order valence-electron chi connectivity index (χ0n) is 19.9. The van der Waals surface area contributed by atoms with Crippen LogP contribution in [-0.2, 0) is 11.3 Å². The molecule has 13 nitrogen and oxygen atoms in total. The van der Waals surface area contributed by atoms with Crippen LogP contribution in [0.2, 0.25) is 0 Å². The van der Waals surface area contributed by atoms with Gasteiger partial charge in [0.2, 0.25) is 5.95 Å². The van der Waals surface area contributed by atoms with Crippen LogP contribution in [0, 0.1) is 5.41 Å². The van der Waals surface area contributed by atoms with Gasteiger partial charge < -0.3 is 20.4 Å². The first-order valence-corrected chi connectivity index (χ1v) is 11.8. The lowest BCUT2D eigenvalue weighted by atomic mass is 9.74. The fourth-order valence-electron chi connectivity index (χ4n) is 5.17. The minimum Gasteiger partial charge on any atom is -0.355 e. The normalized spacial score (nSPS) is 18.3. The SMILES string of the molecule is CC1=C(C(=O)Nc2ccc3[nH]nc(-c4cc(N5CC6(CNC6)C5)ncn4)c3c2)Cn2nnnc2N1C. The van der Waals surface area contributed by atoms with Crippen LogP contribution in [0.5, 0.6) is 0 Å². The second-order valence-corrected chi connectivity index (χ2v) is 9.77. The Morgan fingerprint density at radius 2 is 2.03 bits per heavy atom. The van der Waals surface area contributed by atoms with Gasteiger partial charge in [0.1, 0.15) is 17.8 Å². The lowest BCUT2D eigenvalue weighted by Gasteiger charge is -2.56. The predicted molar refractivity (Wildman–Crippen MR) is 132 cm³/mol. The van der Waals surface area contributed by atoms with Gasteiger partial charge in [0, 0.05) is 61.5 Å². The highest BCUT2D eigenvalue weighted by Crippen LogP contribution is 2.37. The number of rotatable bonds is 4. The van der Waals surface area contributed by atoms with Crippen molar-refractivity contribution in [1.29, 1.82) is 0 Å². The molecule has 0 aliphatic carbocycles. The van der Waals surface area contributed by atoms with E-state index in [-0.39, 0.29) is 5.91 Å². The average molecular weight is 485 g/mol. The molecule has 182 valence electrons. The number of benzene rings is 1. The van der Waals surface area contributed by atoms with Gasteiger partial charge in [-0.25, -0.2) is 14.6 Å². The molecule has 3 aliphatic heterocycles. The highest BCUT2D eigenvalue weighted by atomic mass is 16.1. The zero-order valence-corrected chi connectivity index (χ0v) is 19.9. The summed E-state index contributed by atoms with van der Waals surface area (Å²) in [6.45, 7) is 6.35. The topological polar surface area (TPSA) is 146 Å². The molecule has 13 heteroatoms. The number of anilines is 3. The van der Waals surface area contributed by atoms with Crippen molar-refractivity contribution < 1.29 is 4.79 Å². The lowest BCUT2D eigenvalue weighted by molar-refractivity contribution is -0.113. The molecule has 4 aromatic rings. The monoisotopic (exact) mass is 484 g/mol. The summed E-state index contributed by atoms with van der Waals surface area (Å²) in [5.74, 6) is 1.31. The Morgan fingerprint density at radius 1 is 1.17 bits per heavy atom. The molecule has 0 bridgehead atoms. The first kappa shape index (κ1) is 20.9. The van der Waals surface area contributed by atoms with Crippen LogP contribution in [-0.4, -0.2) is 79.5 Å². The largest absolute Gasteiger partial charge is 0.355 e. The summed E-state index contributed by atoms with van der Waals surface area (Å²) in [4.78, 5) is 26.3. The summed E-state index contributed by atoms with van der Waals surface area (Å²) in [6.07, 6.45) is 1.59. The second-order valence-electron chi connectivity index (χ2n) is 9.77. The highest BCUT2D eigenvalue weighted by molar-refractivity contribution is 6.06. The molecule has 1 aromatic carbocycles. The van der Waals surface area contributed by atoms with E-state index in [1.165, 1.54) is 0 Å². The molecule has 3 N–H and O–H groups in total. The average Bonchev–Trinajstić information content (AvgIpc) is 3.47. The smallest absolute Gasteiger partial charge is 0.255 e. The summed E-state index contributed by atoms with van der Waals surface area (Å²) in [5, 5.41) is 26.5. The van der Waals surface area contributed by atoms with Gasteiger partial charge in [-0.3, -0.25) is 9.89 Å². The van der Waals surface area contributed by atoms with E-state index in [4.69, 9.17) is 0 Å². The summed E-state index contributed by atoms with van der Waals surface area (Å²) in [7, 11) is 1.84. The van der Waals surface area contributed by atoms with Gasteiger partial charge in [0.05, 0.1) is 23.3 Å². The van der Waals surface area contributed by atoms with Gasteiger partial charge in [-0.15, -0.1) is 0 Å². The van der Waals surface area contributed by atoms with E-state index in [9.17, 15) is 4.79 Å². The third-order valence-corrected chi connectivity index (χ3v) is 7.43. The molecule has 6 heterocycles. The number of nitrogens with one attached hydrogen (secondary N) is 3. The zero-order chi connectivity index (χ0) is 24.4. The molecule has 1 spiro atoms. The number of tetrazole rings is 1. The van der Waals surface area contributed by atoms with Crippen molar-refractivity contribution in [2.24, 2.45) is 5.41 Å². The maximum atomic E-state index is 13.2. The van der Waals surface area contributed by atoms with Crippen LogP contribution in [0.3, 0.4) is 0 Å². The molecule has 0 atom stereocenters. The summed E-state index contributed by atoms with van der Waals surface area (Å²) in [5.41, 5.74) is 4.79. The molecule has 1 amide bonds. The molecule has 36 heavy (non-hydrogen) atoms. The van der Waals surface area contributed by atoms with Crippen molar-refractivity contribution in [2.45, 2.75) is 13.5 Å². The fourth-order valence-corrected chi connectivity index (χ4v) is 5.17. The van der Waals surface area contributed by atoms with Crippen molar-refractivity contribution in [1.82, 2.24) is 45.7 Å². The number of nitrogens with zero attached hydrogens (tertiary/aromatic N) is 9. The van der Waals surface area contributed by atoms with Crippen molar-refractivity contribution in [3.63, 3.8) is 0 Å². The molecule has 3 aliphatic rings. The quantitative estimate of drug-likeness (QED) is 0.380. The molecule has 3 aromatic heterocycles. The lowest BCUT2D eigenvalue weighted by Crippen LogP contribution is -2.71. The molecule has 2 fully saturated rings. The van der Waals surface area contributed by atoms with Crippen LogP contribution in [0.4, 0.5) is 17.5 Å².